The van der Waals surface area contributed by atoms with Crippen molar-refractivity contribution in [3.63, 3.8) is 0 Å². The number of nitrogens with one attached hydrogen (secondary N) is 1. The van der Waals surface area contributed by atoms with Crippen molar-refractivity contribution >= 4 is 11.8 Å². The molecule has 0 heterocycles. The fourth-order valence-corrected chi connectivity index (χ4v) is 1.72. The molecule has 1 aromatic carbocycles. The number of nitro groups is 1. The number of hydrogen-bond donors (Lipinski definition) is 2. The third kappa shape index (κ3) is 6.96. The number of ether oxygens (including phenoxy) is 2. The minimum Gasteiger partial charge on any atom is -0.494 e. The summed E-state index contributed by atoms with van der Waals surface area (Å²) in [7, 11) is 0. The SMILES string of the molecule is CC(C)(C)OC(=O)NCCCOc1ccc([N+](=O)[O-])c(CO)c1. The second-order valence-electron chi connectivity index (χ2n) is 5.84. The van der Waals surface area contributed by atoms with Crippen LogP contribution in [0.2, 0.25) is 0 Å². The van der Waals surface area contributed by atoms with E-state index in [0.29, 0.717) is 25.3 Å². The number of rotatable bonds is 7. The van der Waals surface area contributed by atoms with E-state index < -0.39 is 23.2 Å². The Kier molecular flexibility index (Phi) is 6.77. The van der Waals surface area contributed by atoms with Crippen LogP contribution in [0.1, 0.15) is 32.8 Å². The summed E-state index contributed by atoms with van der Waals surface area (Å²) in [5, 5.41) is 22.5. The Balaban J connectivity index is 2.36. The van der Waals surface area contributed by atoms with Crippen LogP contribution in [0.25, 0.3) is 0 Å². The standard InChI is InChI=1S/C15H22N2O6/c1-15(2,3)23-14(19)16-7-4-8-22-12-5-6-13(17(20)21)11(9-12)10-18/h5-6,9,18H,4,7-8,10H2,1-3H3,(H,16,19). The van der Waals surface area contributed by atoms with Crippen molar-refractivity contribution < 1.29 is 24.3 Å². The smallest absolute Gasteiger partial charge is 0.407 e. The maximum atomic E-state index is 11.4. The van der Waals surface area contributed by atoms with E-state index in [1.807, 2.05) is 0 Å². The number of aliphatic hydroxyl groups is 1. The van der Waals surface area contributed by atoms with Crippen LogP contribution in [-0.4, -0.2) is 34.9 Å². The molecule has 0 unspecified atom stereocenters. The highest BCUT2D eigenvalue weighted by Crippen LogP contribution is 2.24. The van der Waals surface area contributed by atoms with Crippen molar-refractivity contribution in [2.24, 2.45) is 0 Å². The second-order valence-corrected chi connectivity index (χ2v) is 5.84. The predicted octanol–water partition coefficient (Wildman–Crippen LogP) is 2.38. The highest BCUT2D eigenvalue weighted by atomic mass is 16.6. The molecule has 0 fully saturated rings. The van der Waals surface area contributed by atoms with Gasteiger partial charge in [0.25, 0.3) is 5.69 Å². The van der Waals surface area contributed by atoms with Crippen LogP contribution in [0, 0.1) is 10.1 Å². The lowest BCUT2D eigenvalue weighted by Gasteiger charge is -2.19. The van der Waals surface area contributed by atoms with Crippen molar-refractivity contribution in [3.8, 4) is 5.75 Å². The van der Waals surface area contributed by atoms with E-state index in [1.165, 1.54) is 18.2 Å². The van der Waals surface area contributed by atoms with Gasteiger partial charge in [0.05, 0.1) is 23.7 Å². The van der Waals surface area contributed by atoms with Gasteiger partial charge in [0, 0.05) is 12.6 Å². The molecule has 8 heteroatoms. The molecule has 1 rings (SSSR count). The summed E-state index contributed by atoms with van der Waals surface area (Å²) < 4.78 is 10.5. The highest BCUT2D eigenvalue weighted by molar-refractivity contribution is 5.67. The van der Waals surface area contributed by atoms with E-state index >= 15 is 0 Å². The molecule has 0 radical (unpaired) electrons. The largest absolute Gasteiger partial charge is 0.494 e. The monoisotopic (exact) mass is 326 g/mol. The van der Waals surface area contributed by atoms with Crippen molar-refractivity contribution in [3.05, 3.63) is 33.9 Å². The second kappa shape index (κ2) is 8.33. The minimum atomic E-state index is -0.555. The Morgan fingerprint density at radius 3 is 2.65 bits per heavy atom. The molecular formula is C15H22N2O6. The number of carbonyl (C=O) groups is 1. The van der Waals surface area contributed by atoms with Crippen LogP contribution >= 0.6 is 0 Å². The first-order valence-electron chi connectivity index (χ1n) is 7.21. The summed E-state index contributed by atoms with van der Waals surface area (Å²) in [6, 6.07) is 4.19. The zero-order chi connectivity index (χ0) is 17.5. The first kappa shape index (κ1) is 18.7. The fraction of sp³-hybridized carbons (Fsp3) is 0.533. The van der Waals surface area contributed by atoms with Crippen LogP contribution in [0.3, 0.4) is 0 Å². The molecule has 128 valence electrons. The van der Waals surface area contributed by atoms with Gasteiger partial charge in [-0.3, -0.25) is 10.1 Å². The average molecular weight is 326 g/mol. The summed E-state index contributed by atoms with van der Waals surface area (Å²) in [6.45, 7) is 5.61. The van der Waals surface area contributed by atoms with Gasteiger partial charge < -0.3 is 19.9 Å². The Labute approximate surface area is 134 Å². The first-order valence-corrected chi connectivity index (χ1v) is 7.21. The molecule has 0 bridgehead atoms. The summed E-state index contributed by atoms with van der Waals surface area (Å²) in [6.07, 6.45) is 0.0560. The predicted molar refractivity (Wildman–Crippen MR) is 83.4 cm³/mol. The van der Waals surface area contributed by atoms with Gasteiger partial charge in [0.1, 0.15) is 11.4 Å². The van der Waals surface area contributed by atoms with Gasteiger partial charge in [-0.15, -0.1) is 0 Å². The zero-order valence-corrected chi connectivity index (χ0v) is 13.5. The van der Waals surface area contributed by atoms with Crippen LogP contribution < -0.4 is 10.1 Å². The fourth-order valence-electron chi connectivity index (χ4n) is 1.72. The van der Waals surface area contributed by atoms with Crippen LogP contribution in [0.4, 0.5) is 10.5 Å². The van der Waals surface area contributed by atoms with Crippen molar-refractivity contribution in [1.82, 2.24) is 5.32 Å². The number of hydrogen-bond acceptors (Lipinski definition) is 6. The van der Waals surface area contributed by atoms with Crippen LogP contribution in [0.15, 0.2) is 18.2 Å². The molecule has 0 aliphatic carbocycles. The van der Waals surface area contributed by atoms with E-state index in [0.717, 1.165) is 0 Å². The maximum Gasteiger partial charge on any atom is 0.407 e. The number of nitrogens with zero attached hydrogens (tertiary/aromatic N) is 1. The topological polar surface area (TPSA) is 111 Å². The van der Waals surface area contributed by atoms with Gasteiger partial charge in [-0.1, -0.05) is 0 Å². The van der Waals surface area contributed by atoms with Gasteiger partial charge in [-0.25, -0.2) is 4.79 Å². The van der Waals surface area contributed by atoms with E-state index in [4.69, 9.17) is 14.6 Å². The molecule has 0 spiro atoms. The molecular weight excluding hydrogens is 304 g/mol. The average Bonchev–Trinajstić information content (AvgIpc) is 2.44. The third-order valence-electron chi connectivity index (χ3n) is 2.68. The Morgan fingerprint density at radius 1 is 1.39 bits per heavy atom. The highest BCUT2D eigenvalue weighted by Gasteiger charge is 2.15. The molecule has 0 saturated carbocycles. The molecule has 1 amide bonds. The number of amides is 1. The normalized spacial score (nSPS) is 11.0. The Hall–Kier alpha value is -2.35. The lowest BCUT2D eigenvalue weighted by atomic mass is 10.2. The van der Waals surface area contributed by atoms with Gasteiger partial charge in [0.15, 0.2) is 0 Å². The van der Waals surface area contributed by atoms with Crippen LogP contribution in [-0.2, 0) is 11.3 Å². The molecule has 0 aromatic heterocycles. The quantitative estimate of drug-likeness (QED) is 0.452. The van der Waals surface area contributed by atoms with Gasteiger partial charge in [-0.05, 0) is 39.3 Å². The molecule has 0 atom stereocenters. The Morgan fingerprint density at radius 2 is 2.09 bits per heavy atom. The molecule has 0 aliphatic heterocycles. The van der Waals surface area contributed by atoms with E-state index in [9.17, 15) is 14.9 Å². The van der Waals surface area contributed by atoms with Crippen molar-refractivity contribution in [1.29, 1.82) is 0 Å². The number of benzene rings is 1. The van der Waals surface area contributed by atoms with Gasteiger partial charge in [0.2, 0.25) is 0 Å². The number of carbonyl (C=O) groups excluding carboxylic acids is 1. The molecule has 0 saturated heterocycles. The van der Waals surface area contributed by atoms with Gasteiger partial charge >= 0.3 is 6.09 Å². The maximum absolute atomic E-state index is 11.4. The summed E-state index contributed by atoms with van der Waals surface area (Å²) in [5.41, 5.74) is -0.495. The molecule has 2 N–H and O–H groups in total. The van der Waals surface area contributed by atoms with E-state index in [-0.39, 0.29) is 11.3 Å². The van der Waals surface area contributed by atoms with E-state index in [1.54, 1.807) is 20.8 Å². The number of aliphatic hydroxyl groups excluding tert-OH is 1. The first-order chi connectivity index (χ1) is 10.7. The lowest BCUT2D eigenvalue weighted by molar-refractivity contribution is -0.385. The van der Waals surface area contributed by atoms with E-state index in [2.05, 4.69) is 5.32 Å². The van der Waals surface area contributed by atoms with Gasteiger partial charge in [-0.2, -0.15) is 0 Å². The number of nitro benzene ring substituents is 1. The van der Waals surface area contributed by atoms with Crippen molar-refractivity contribution in [2.75, 3.05) is 13.2 Å². The molecule has 23 heavy (non-hydrogen) atoms. The Bertz CT molecular complexity index is 553. The van der Waals surface area contributed by atoms with Crippen LogP contribution in [0.5, 0.6) is 5.75 Å². The molecule has 8 nitrogen and oxygen atoms in total. The summed E-state index contributed by atoms with van der Waals surface area (Å²) >= 11 is 0. The molecule has 1 aromatic rings. The zero-order valence-electron chi connectivity index (χ0n) is 13.5. The number of alkyl carbamates (subject to hydrolysis) is 1. The summed E-state index contributed by atoms with van der Waals surface area (Å²) in [4.78, 5) is 21.6. The summed E-state index contributed by atoms with van der Waals surface area (Å²) in [5.74, 6) is 0.428. The molecule has 0 aliphatic rings. The third-order valence-corrected chi connectivity index (χ3v) is 2.68. The minimum absolute atomic E-state index is 0.147. The lowest BCUT2D eigenvalue weighted by Crippen LogP contribution is -2.33. The van der Waals surface area contributed by atoms with Crippen molar-refractivity contribution in [2.45, 2.75) is 39.4 Å².